The van der Waals surface area contributed by atoms with Gasteiger partial charge in [-0.3, -0.25) is 4.79 Å². The second-order valence-corrected chi connectivity index (χ2v) is 7.04. The van der Waals surface area contributed by atoms with Gasteiger partial charge in [0.2, 0.25) is 0 Å². The van der Waals surface area contributed by atoms with Crippen LogP contribution in [0.5, 0.6) is 0 Å². The summed E-state index contributed by atoms with van der Waals surface area (Å²) in [7, 11) is 1.80. The zero-order valence-corrected chi connectivity index (χ0v) is 16.7. The lowest BCUT2D eigenvalue weighted by Crippen LogP contribution is -2.27. The molecule has 0 aliphatic rings. The second kappa shape index (κ2) is 9.16. The van der Waals surface area contributed by atoms with E-state index in [4.69, 9.17) is 10.2 Å². The highest BCUT2D eigenvalue weighted by molar-refractivity contribution is 7.09. The summed E-state index contributed by atoms with van der Waals surface area (Å²) in [6.07, 6.45) is 3.05. The number of amides is 1. The summed E-state index contributed by atoms with van der Waals surface area (Å²) >= 11 is 1.42. The van der Waals surface area contributed by atoms with Gasteiger partial charge in [0.15, 0.2) is 0 Å². The quantitative estimate of drug-likeness (QED) is 0.646. The minimum absolute atomic E-state index is 0. The van der Waals surface area contributed by atoms with Gasteiger partial charge in [0.1, 0.15) is 22.0 Å². The summed E-state index contributed by atoms with van der Waals surface area (Å²) < 4.78 is 6.04. The first-order chi connectivity index (χ1) is 12.1. The van der Waals surface area contributed by atoms with Crippen LogP contribution in [0.4, 0.5) is 0 Å². The fourth-order valence-corrected chi connectivity index (χ4v) is 3.52. The fourth-order valence-electron chi connectivity index (χ4n) is 2.87. The monoisotopic (exact) mass is 393 g/mol. The van der Waals surface area contributed by atoms with Gasteiger partial charge in [-0.2, -0.15) is 0 Å². The maximum atomic E-state index is 12.7. The lowest BCUT2D eigenvalue weighted by Gasteiger charge is -2.16. The molecule has 2 heterocycles. The van der Waals surface area contributed by atoms with E-state index in [0.717, 1.165) is 46.6 Å². The Morgan fingerprint density at radius 3 is 2.81 bits per heavy atom. The van der Waals surface area contributed by atoms with Crippen molar-refractivity contribution in [2.24, 2.45) is 5.73 Å². The third-order valence-corrected chi connectivity index (χ3v) is 5.10. The number of carbonyl (C=O) groups excluding carboxylic acids is 1. The summed E-state index contributed by atoms with van der Waals surface area (Å²) in [5, 5.41) is 3.62. The Labute approximate surface area is 163 Å². The standard InChI is InChI=1S/C19H23N3O2S.ClH/c1-3-4-8-17-14(13-7-5-6-9-16(13)24-17)11-22(2)19(23)15-12-25-18(10-20)21-15;/h5-7,9,12H,3-4,8,10-11,20H2,1-2H3;1H. The van der Waals surface area contributed by atoms with Crippen molar-refractivity contribution in [1.29, 1.82) is 0 Å². The zero-order valence-electron chi connectivity index (χ0n) is 15.0. The molecule has 0 atom stereocenters. The van der Waals surface area contributed by atoms with Crippen molar-refractivity contribution >= 4 is 40.6 Å². The molecule has 1 aromatic carbocycles. The number of aryl methyl sites for hydroxylation is 1. The Morgan fingerprint density at radius 1 is 1.35 bits per heavy atom. The van der Waals surface area contributed by atoms with Crippen molar-refractivity contribution in [3.05, 3.63) is 51.7 Å². The number of furan rings is 1. The first kappa shape index (κ1) is 20.4. The molecule has 5 nitrogen and oxygen atoms in total. The number of unbranched alkanes of at least 4 members (excludes halogenated alkanes) is 1. The number of rotatable bonds is 7. The SMILES string of the molecule is CCCCc1oc2ccccc2c1CN(C)C(=O)c1csc(CN)n1.Cl. The Balaban J connectivity index is 0.00000243. The van der Waals surface area contributed by atoms with E-state index in [9.17, 15) is 4.79 Å². The number of hydrogen-bond donors (Lipinski definition) is 1. The van der Waals surface area contributed by atoms with Crippen LogP contribution in [-0.4, -0.2) is 22.8 Å². The van der Waals surface area contributed by atoms with Crippen molar-refractivity contribution < 1.29 is 9.21 Å². The van der Waals surface area contributed by atoms with Gasteiger partial charge >= 0.3 is 0 Å². The first-order valence-corrected chi connectivity index (χ1v) is 9.41. The lowest BCUT2D eigenvalue weighted by molar-refractivity contribution is 0.0780. The van der Waals surface area contributed by atoms with Gasteiger partial charge in [0.05, 0.1) is 0 Å². The average molecular weight is 394 g/mol. The van der Waals surface area contributed by atoms with Crippen molar-refractivity contribution in [2.45, 2.75) is 39.3 Å². The van der Waals surface area contributed by atoms with Crippen LogP contribution in [0.25, 0.3) is 11.0 Å². The van der Waals surface area contributed by atoms with E-state index in [1.165, 1.54) is 11.3 Å². The van der Waals surface area contributed by atoms with Gasteiger partial charge < -0.3 is 15.1 Å². The largest absolute Gasteiger partial charge is 0.461 e. The molecule has 0 aliphatic carbocycles. The van der Waals surface area contributed by atoms with Crippen molar-refractivity contribution in [3.8, 4) is 0 Å². The molecule has 0 aliphatic heterocycles. The normalized spacial score (nSPS) is 10.7. The summed E-state index contributed by atoms with van der Waals surface area (Å²) in [4.78, 5) is 18.6. The molecular formula is C19H24ClN3O2S. The molecule has 3 rings (SSSR count). The number of benzene rings is 1. The molecule has 3 aromatic rings. The summed E-state index contributed by atoms with van der Waals surface area (Å²) in [5.41, 5.74) is 8.01. The predicted octanol–water partition coefficient (Wildman–Crippen LogP) is 4.38. The van der Waals surface area contributed by atoms with E-state index in [1.54, 1.807) is 17.3 Å². The summed E-state index contributed by atoms with van der Waals surface area (Å²) in [6.45, 7) is 3.02. The number of fused-ring (bicyclic) bond motifs is 1. The molecule has 0 saturated carbocycles. The average Bonchev–Trinajstić information content (AvgIpc) is 3.24. The summed E-state index contributed by atoms with van der Waals surface area (Å²) in [5.74, 6) is 0.881. The molecule has 7 heteroatoms. The van der Waals surface area contributed by atoms with Crippen LogP contribution in [0.15, 0.2) is 34.1 Å². The Bertz CT molecular complexity index is 875. The van der Waals surface area contributed by atoms with E-state index in [1.807, 2.05) is 18.2 Å². The van der Waals surface area contributed by atoms with Crippen LogP contribution >= 0.6 is 23.7 Å². The minimum atomic E-state index is -0.0947. The third kappa shape index (κ3) is 4.26. The van der Waals surface area contributed by atoms with Gasteiger partial charge in [0, 0.05) is 42.9 Å². The number of para-hydroxylation sites is 1. The maximum absolute atomic E-state index is 12.7. The number of hydrogen-bond acceptors (Lipinski definition) is 5. The predicted molar refractivity (Wildman–Crippen MR) is 108 cm³/mol. The number of nitrogens with two attached hydrogens (primary N) is 1. The Hall–Kier alpha value is -1.89. The number of nitrogens with zero attached hydrogens (tertiary/aromatic N) is 2. The van der Waals surface area contributed by atoms with Crippen molar-refractivity contribution in [3.63, 3.8) is 0 Å². The van der Waals surface area contributed by atoms with Gasteiger partial charge in [-0.1, -0.05) is 31.5 Å². The Morgan fingerprint density at radius 2 is 2.12 bits per heavy atom. The topological polar surface area (TPSA) is 72.4 Å². The highest BCUT2D eigenvalue weighted by Gasteiger charge is 2.20. The molecule has 0 fully saturated rings. The maximum Gasteiger partial charge on any atom is 0.273 e. The molecule has 0 bridgehead atoms. The second-order valence-electron chi connectivity index (χ2n) is 6.10. The molecule has 0 spiro atoms. The number of aromatic nitrogens is 1. The minimum Gasteiger partial charge on any atom is -0.461 e. The molecule has 0 saturated heterocycles. The van der Waals surface area contributed by atoms with Crippen LogP contribution < -0.4 is 5.73 Å². The van der Waals surface area contributed by atoms with E-state index in [0.29, 0.717) is 18.8 Å². The van der Waals surface area contributed by atoms with Gasteiger partial charge in [-0.25, -0.2) is 4.98 Å². The van der Waals surface area contributed by atoms with E-state index in [-0.39, 0.29) is 18.3 Å². The molecule has 2 aromatic heterocycles. The smallest absolute Gasteiger partial charge is 0.273 e. The van der Waals surface area contributed by atoms with Crippen LogP contribution in [0.1, 0.15) is 46.6 Å². The van der Waals surface area contributed by atoms with Gasteiger partial charge in [-0.15, -0.1) is 23.7 Å². The van der Waals surface area contributed by atoms with Crippen molar-refractivity contribution in [2.75, 3.05) is 7.05 Å². The van der Waals surface area contributed by atoms with E-state index >= 15 is 0 Å². The third-order valence-electron chi connectivity index (χ3n) is 4.23. The highest BCUT2D eigenvalue weighted by Crippen LogP contribution is 2.28. The fraction of sp³-hybridized carbons (Fsp3) is 0.368. The van der Waals surface area contributed by atoms with Crippen LogP contribution in [-0.2, 0) is 19.5 Å². The highest BCUT2D eigenvalue weighted by atomic mass is 35.5. The molecule has 0 radical (unpaired) electrons. The molecule has 1 amide bonds. The number of thiazole rings is 1. The molecule has 140 valence electrons. The Kier molecular flexibility index (Phi) is 7.20. The van der Waals surface area contributed by atoms with Gasteiger partial charge in [-0.05, 0) is 12.5 Å². The van der Waals surface area contributed by atoms with Crippen LogP contribution in [0.2, 0.25) is 0 Å². The number of halogens is 1. The van der Waals surface area contributed by atoms with Gasteiger partial charge in [0.25, 0.3) is 5.91 Å². The molecule has 26 heavy (non-hydrogen) atoms. The molecule has 2 N–H and O–H groups in total. The van der Waals surface area contributed by atoms with Crippen LogP contribution in [0.3, 0.4) is 0 Å². The first-order valence-electron chi connectivity index (χ1n) is 8.53. The van der Waals surface area contributed by atoms with E-state index < -0.39 is 0 Å². The molecule has 0 unspecified atom stereocenters. The lowest BCUT2D eigenvalue weighted by atomic mass is 10.1. The zero-order chi connectivity index (χ0) is 17.8. The van der Waals surface area contributed by atoms with Crippen LogP contribution in [0, 0.1) is 0 Å². The van der Waals surface area contributed by atoms with E-state index in [2.05, 4.69) is 18.0 Å². The summed E-state index contributed by atoms with van der Waals surface area (Å²) in [6, 6.07) is 8.00. The number of carbonyl (C=O) groups is 1. The van der Waals surface area contributed by atoms with Crippen molar-refractivity contribution in [1.82, 2.24) is 9.88 Å². The molecular weight excluding hydrogens is 370 g/mol.